The average molecular weight is 277 g/mol. The van der Waals surface area contributed by atoms with Crippen LogP contribution in [0.4, 0.5) is 0 Å². The van der Waals surface area contributed by atoms with Crippen LogP contribution in [0.25, 0.3) is 0 Å². The first kappa shape index (κ1) is 14.7. The minimum atomic E-state index is 0.516. The first-order chi connectivity index (χ1) is 9.69. The van der Waals surface area contributed by atoms with Gasteiger partial charge >= 0.3 is 0 Å². The van der Waals surface area contributed by atoms with Crippen molar-refractivity contribution in [1.29, 1.82) is 0 Å². The number of likely N-dealkylation sites (N-methyl/N-ethyl adjacent to an activating group) is 1. The van der Waals surface area contributed by atoms with Crippen molar-refractivity contribution in [2.45, 2.75) is 18.9 Å². The molecule has 1 aromatic carbocycles. The maximum absolute atomic E-state index is 5.40. The molecule has 0 aliphatic carbocycles. The van der Waals surface area contributed by atoms with Crippen molar-refractivity contribution < 1.29 is 14.2 Å². The monoisotopic (exact) mass is 277 g/mol. The Hall–Kier alpha value is -1.68. The second-order valence-corrected chi connectivity index (χ2v) is 5.04. The van der Waals surface area contributed by atoms with Crippen LogP contribution >= 0.6 is 0 Å². The first-order valence-corrected chi connectivity index (χ1v) is 6.83. The summed E-state index contributed by atoms with van der Waals surface area (Å²) in [6, 6.07) is 4.59. The summed E-state index contributed by atoms with van der Waals surface area (Å²) in [7, 11) is 7.08. The molecule has 0 radical (unpaired) electrons. The van der Waals surface area contributed by atoms with Crippen LogP contribution in [0.3, 0.4) is 0 Å². The molecule has 110 valence electrons. The van der Waals surface area contributed by atoms with Crippen LogP contribution in [0.2, 0.25) is 0 Å². The summed E-state index contributed by atoms with van der Waals surface area (Å²) in [5.41, 5.74) is 1.20. The lowest BCUT2D eigenvalue weighted by molar-refractivity contribution is 0.254. The summed E-state index contributed by atoms with van der Waals surface area (Å²) in [4.78, 5) is 2.36. The summed E-state index contributed by atoms with van der Waals surface area (Å²) >= 11 is 0. The Kier molecular flexibility index (Phi) is 4.90. The molecule has 1 aliphatic heterocycles. The molecule has 1 aromatic rings. The number of methoxy groups -OCH3 is 3. The molecule has 0 amide bonds. The van der Waals surface area contributed by atoms with E-state index in [1.807, 2.05) is 12.1 Å². The second-order valence-electron chi connectivity index (χ2n) is 5.04. The molecule has 0 spiro atoms. The summed E-state index contributed by atoms with van der Waals surface area (Å²) in [5.74, 6) is 2.09. The van der Waals surface area contributed by atoms with Crippen LogP contribution in [0.1, 0.15) is 12.0 Å². The van der Waals surface area contributed by atoms with Crippen molar-refractivity contribution in [2.75, 3.05) is 34.9 Å². The molecule has 4 nitrogen and oxygen atoms in total. The van der Waals surface area contributed by atoms with Crippen molar-refractivity contribution in [3.8, 4) is 17.2 Å². The van der Waals surface area contributed by atoms with E-state index >= 15 is 0 Å². The van der Waals surface area contributed by atoms with E-state index in [0.717, 1.165) is 30.9 Å². The minimum absolute atomic E-state index is 0.516. The molecular formula is C16H23NO3. The predicted molar refractivity (Wildman–Crippen MR) is 80.0 cm³/mol. The normalized spacial score (nSPS) is 18.9. The van der Waals surface area contributed by atoms with Crippen LogP contribution in [0, 0.1) is 0 Å². The summed E-state index contributed by atoms with van der Waals surface area (Å²) < 4.78 is 16.2. The van der Waals surface area contributed by atoms with Crippen LogP contribution in [0.5, 0.6) is 17.2 Å². The van der Waals surface area contributed by atoms with Gasteiger partial charge in [0.05, 0.1) is 21.3 Å². The lowest BCUT2D eigenvalue weighted by Gasteiger charge is -2.29. The Balaban J connectivity index is 2.25. The van der Waals surface area contributed by atoms with E-state index in [0.29, 0.717) is 11.8 Å². The maximum Gasteiger partial charge on any atom is 0.203 e. The fourth-order valence-electron chi connectivity index (χ4n) is 2.59. The van der Waals surface area contributed by atoms with E-state index in [-0.39, 0.29) is 0 Å². The zero-order valence-corrected chi connectivity index (χ0v) is 12.7. The molecular weight excluding hydrogens is 254 g/mol. The third-order valence-corrected chi connectivity index (χ3v) is 3.79. The van der Waals surface area contributed by atoms with Crippen LogP contribution < -0.4 is 14.2 Å². The molecule has 4 heteroatoms. The highest BCUT2D eigenvalue weighted by Gasteiger charge is 2.19. The fraction of sp³-hybridized carbons (Fsp3) is 0.500. The zero-order chi connectivity index (χ0) is 14.5. The van der Waals surface area contributed by atoms with Gasteiger partial charge in [-0.15, -0.1) is 0 Å². The maximum atomic E-state index is 5.40. The molecule has 1 heterocycles. The molecule has 0 aromatic heterocycles. The Morgan fingerprint density at radius 3 is 2.20 bits per heavy atom. The van der Waals surface area contributed by atoms with Crippen molar-refractivity contribution in [3.05, 3.63) is 29.8 Å². The van der Waals surface area contributed by atoms with Gasteiger partial charge < -0.3 is 14.2 Å². The van der Waals surface area contributed by atoms with Gasteiger partial charge in [0.1, 0.15) is 0 Å². The van der Waals surface area contributed by atoms with Crippen molar-refractivity contribution in [1.82, 2.24) is 4.90 Å². The van der Waals surface area contributed by atoms with E-state index in [1.165, 1.54) is 5.56 Å². The first-order valence-electron chi connectivity index (χ1n) is 6.83. The molecule has 0 saturated carbocycles. The van der Waals surface area contributed by atoms with E-state index in [1.54, 1.807) is 21.3 Å². The summed E-state index contributed by atoms with van der Waals surface area (Å²) in [6.07, 6.45) is 6.51. The zero-order valence-electron chi connectivity index (χ0n) is 12.7. The summed E-state index contributed by atoms with van der Waals surface area (Å²) in [5, 5.41) is 0. The molecule has 1 unspecified atom stereocenters. The Labute approximate surface area is 120 Å². The highest BCUT2D eigenvalue weighted by atomic mass is 16.5. The van der Waals surface area contributed by atoms with Gasteiger partial charge in [-0.2, -0.15) is 0 Å². The van der Waals surface area contributed by atoms with Crippen LogP contribution in [-0.4, -0.2) is 45.9 Å². The Morgan fingerprint density at radius 2 is 1.70 bits per heavy atom. The third-order valence-electron chi connectivity index (χ3n) is 3.79. The van der Waals surface area contributed by atoms with Crippen molar-refractivity contribution >= 4 is 0 Å². The lowest BCUT2D eigenvalue weighted by atomic mass is 9.99. The lowest BCUT2D eigenvalue weighted by Crippen LogP contribution is -2.35. The molecule has 20 heavy (non-hydrogen) atoms. The second kappa shape index (κ2) is 6.66. The van der Waals surface area contributed by atoms with Crippen LogP contribution in [0.15, 0.2) is 24.3 Å². The number of rotatable bonds is 5. The fourth-order valence-corrected chi connectivity index (χ4v) is 2.59. The standard InChI is InChI=1S/C16H23NO3/c1-17-8-6-5-7-13(17)9-12-10-14(18-2)16(20-4)15(11-12)19-3/h5-6,10-11,13H,7-9H2,1-4H3. The minimum Gasteiger partial charge on any atom is -0.493 e. The van der Waals surface area contributed by atoms with Gasteiger partial charge in [-0.3, -0.25) is 4.90 Å². The molecule has 0 bridgehead atoms. The highest BCUT2D eigenvalue weighted by Crippen LogP contribution is 2.38. The summed E-state index contributed by atoms with van der Waals surface area (Å²) in [6.45, 7) is 1.01. The van der Waals surface area contributed by atoms with Gasteiger partial charge in [-0.25, -0.2) is 0 Å². The predicted octanol–water partition coefficient (Wildman–Crippen LogP) is 2.52. The number of benzene rings is 1. The van der Waals surface area contributed by atoms with Gasteiger partial charge in [0.15, 0.2) is 11.5 Å². The van der Waals surface area contributed by atoms with Crippen molar-refractivity contribution in [2.24, 2.45) is 0 Å². The quantitative estimate of drug-likeness (QED) is 0.774. The van der Waals surface area contributed by atoms with Gasteiger partial charge in [-0.1, -0.05) is 12.2 Å². The van der Waals surface area contributed by atoms with E-state index in [2.05, 4.69) is 24.1 Å². The van der Waals surface area contributed by atoms with Gasteiger partial charge in [0.25, 0.3) is 0 Å². The number of nitrogens with zero attached hydrogens (tertiary/aromatic N) is 1. The SMILES string of the molecule is COc1cc(CC2CC=CCN2C)cc(OC)c1OC. The van der Waals surface area contributed by atoms with Crippen LogP contribution in [-0.2, 0) is 6.42 Å². The molecule has 2 rings (SSSR count). The molecule has 0 saturated heterocycles. The Bertz CT molecular complexity index is 460. The smallest absolute Gasteiger partial charge is 0.203 e. The molecule has 0 N–H and O–H groups in total. The van der Waals surface area contributed by atoms with E-state index < -0.39 is 0 Å². The topological polar surface area (TPSA) is 30.9 Å². The highest BCUT2D eigenvalue weighted by molar-refractivity contribution is 5.54. The Morgan fingerprint density at radius 1 is 1.05 bits per heavy atom. The largest absolute Gasteiger partial charge is 0.493 e. The van der Waals surface area contributed by atoms with Crippen molar-refractivity contribution in [3.63, 3.8) is 0 Å². The van der Waals surface area contributed by atoms with E-state index in [9.17, 15) is 0 Å². The third kappa shape index (κ3) is 3.07. The average Bonchev–Trinajstić information content (AvgIpc) is 2.48. The number of ether oxygens (including phenoxy) is 3. The van der Waals surface area contributed by atoms with Gasteiger partial charge in [0, 0.05) is 12.6 Å². The molecule has 1 atom stereocenters. The van der Waals surface area contributed by atoms with Gasteiger partial charge in [-0.05, 0) is 37.6 Å². The molecule has 0 fully saturated rings. The number of hydrogen-bond acceptors (Lipinski definition) is 4. The van der Waals surface area contributed by atoms with E-state index in [4.69, 9.17) is 14.2 Å². The number of hydrogen-bond donors (Lipinski definition) is 0. The molecule has 1 aliphatic rings. The van der Waals surface area contributed by atoms with Gasteiger partial charge in [0.2, 0.25) is 5.75 Å².